The van der Waals surface area contributed by atoms with E-state index in [0.717, 1.165) is 22.7 Å². The second-order valence-electron chi connectivity index (χ2n) is 11.8. The highest BCUT2D eigenvalue weighted by molar-refractivity contribution is 6.18. The van der Waals surface area contributed by atoms with E-state index in [1.54, 1.807) is 0 Å². The van der Waals surface area contributed by atoms with Gasteiger partial charge in [0.1, 0.15) is 0 Å². The molecule has 2 heteroatoms. The lowest BCUT2D eigenvalue weighted by molar-refractivity contribution is 1.18. The van der Waals surface area contributed by atoms with E-state index in [9.17, 15) is 0 Å². The molecule has 0 amide bonds. The Kier molecular flexibility index (Phi) is 6.17. The lowest BCUT2D eigenvalue weighted by Crippen LogP contribution is -2.11. The van der Waals surface area contributed by atoms with Crippen LogP contribution in [0, 0.1) is 0 Å². The Morgan fingerprint density at radius 1 is 0.391 bits per heavy atom. The zero-order valence-electron chi connectivity index (χ0n) is 25.2. The summed E-state index contributed by atoms with van der Waals surface area (Å²) in [5.41, 5.74) is 9.34. The molecule has 0 atom stereocenters. The Labute approximate surface area is 268 Å². The summed E-state index contributed by atoms with van der Waals surface area (Å²) in [5, 5.41) is 7.49. The lowest BCUT2D eigenvalue weighted by Gasteiger charge is -2.28. The van der Waals surface area contributed by atoms with Gasteiger partial charge in [-0.15, -0.1) is 0 Å². The SMILES string of the molecule is c1ccc(-c2ccccc2N(c2ccc(-n3c4ccccc4c4ccc5ccccc5c43)cc2)c2ccc3ccccc3c2)cc1. The van der Waals surface area contributed by atoms with E-state index in [1.165, 1.54) is 54.5 Å². The van der Waals surface area contributed by atoms with Gasteiger partial charge in [0.2, 0.25) is 0 Å². The summed E-state index contributed by atoms with van der Waals surface area (Å²) in [4.78, 5) is 2.39. The van der Waals surface area contributed by atoms with Gasteiger partial charge in [-0.2, -0.15) is 0 Å². The fraction of sp³-hybridized carbons (Fsp3) is 0. The fourth-order valence-electron chi connectivity index (χ4n) is 7.02. The first-order valence-electron chi connectivity index (χ1n) is 15.8. The largest absolute Gasteiger partial charge is 0.310 e. The first-order chi connectivity index (χ1) is 22.8. The molecule has 9 rings (SSSR count). The summed E-state index contributed by atoms with van der Waals surface area (Å²) in [6.07, 6.45) is 0. The van der Waals surface area contributed by atoms with Crippen LogP contribution in [0.4, 0.5) is 17.1 Å². The normalized spacial score (nSPS) is 11.5. The number of fused-ring (bicyclic) bond motifs is 6. The van der Waals surface area contributed by atoms with Crippen molar-refractivity contribution < 1.29 is 0 Å². The molecule has 8 aromatic carbocycles. The predicted molar refractivity (Wildman–Crippen MR) is 196 cm³/mol. The standard InChI is InChI=1S/C44H30N2/c1-2-13-32(14-3-1)38-17-8-10-20-42(38)45(37-24-22-31-12-4-5-16-34(31)30-37)35-25-27-36(28-26-35)46-43-21-11-9-19-40(43)41-29-23-33-15-6-7-18-39(33)44(41)46/h1-30H. The van der Waals surface area contributed by atoms with Gasteiger partial charge in [-0.1, -0.05) is 133 Å². The van der Waals surface area contributed by atoms with E-state index in [4.69, 9.17) is 0 Å². The third kappa shape index (κ3) is 4.27. The quantitative estimate of drug-likeness (QED) is 0.195. The molecule has 0 fully saturated rings. The first-order valence-corrected chi connectivity index (χ1v) is 15.8. The van der Waals surface area contributed by atoms with Crippen molar-refractivity contribution in [2.45, 2.75) is 0 Å². The molecule has 0 saturated carbocycles. The van der Waals surface area contributed by atoms with Gasteiger partial charge in [0, 0.05) is 38.8 Å². The number of rotatable bonds is 5. The van der Waals surface area contributed by atoms with Gasteiger partial charge < -0.3 is 9.47 Å². The van der Waals surface area contributed by atoms with Crippen LogP contribution in [-0.4, -0.2) is 4.57 Å². The van der Waals surface area contributed by atoms with E-state index in [-0.39, 0.29) is 0 Å². The van der Waals surface area contributed by atoms with Crippen molar-refractivity contribution in [1.82, 2.24) is 4.57 Å². The molecule has 216 valence electrons. The van der Waals surface area contributed by atoms with Gasteiger partial charge in [0.15, 0.2) is 0 Å². The number of hydrogen-bond acceptors (Lipinski definition) is 1. The maximum absolute atomic E-state index is 2.43. The molecule has 0 bridgehead atoms. The highest BCUT2D eigenvalue weighted by Gasteiger charge is 2.19. The van der Waals surface area contributed by atoms with E-state index in [0.29, 0.717) is 0 Å². The first kappa shape index (κ1) is 26.3. The third-order valence-corrected chi connectivity index (χ3v) is 9.15. The van der Waals surface area contributed by atoms with Gasteiger partial charge in [0.05, 0.1) is 16.7 Å². The molecule has 0 radical (unpaired) electrons. The zero-order valence-corrected chi connectivity index (χ0v) is 25.2. The highest BCUT2D eigenvalue weighted by Crippen LogP contribution is 2.42. The number of benzene rings is 8. The number of hydrogen-bond donors (Lipinski definition) is 0. The minimum Gasteiger partial charge on any atom is -0.310 e. The van der Waals surface area contributed by atoms with Crippen LogP contribution < -0.4 is 4.90 Å². The van der Waals surface area contributed by atoms with Crippen LogP contribution in [0.25, 0.3) is 60.2 Å². The molecule has 1 aromatic heterocycles. The Balaban J connectivity index is 1.26. The van der Waals surface area contributed by atoms with Gasteiger partial charge in [-0.05, 0) is 70.3 Å². The van der Waals surface area contributed by atoms with Crippen molar-refractivity contribution in [2.24, 2.45) is 0 Å². The maximum Gasteiger partial charge on any atom is 0.0619 e. The highest BCUT2D eigenvalue weighted by atomic mass is 15.1. The molecule has 2 nitrogen and oxygen atoms in total. The summed E-state index contributed by atoms with van der Waals surface area (Å²) >= 11 is 0. The van der Waals surface area contributed by atoms with E-state index < -0.39 is 0 Å². The van der Waals surface area contributed by atoms with Crippen molar-refractivity contribution in [3.63, 3.8) is 0 Å². The van der Waals surface area contributed by atoms with Crippen LogP contribution >= 0.6 is 0 Å². The second-order valence-corrected chi connectivity index (χ2v) is 11.8. The van der Waals surface area contributed by atoms with Crippen molar-refractivity contribution in [2.75, 3.05) is 4.90 Å². The smallest absolute Gasteiger partial charge is 0.0619 e. The average molecular weight is 587 g/mol. The summed E-state index contributed by atoms with van der Waals surface area (Å²) in [6.45, 7) is 0. The molecular weight excluding hydrogens is 556 g/mol. The third-order valence-electron chi connectivity index (χ3n) is 9.15. The van der Waals surface area contributed by atoms with E-state index in [1.807, 2.05) is 0 Å². The van der Waals surface area contributed by atoms with Crippen LogP contribution in [0.5, 0.6) is 0 Å². The molecular formula is C44H30N2. The average Bonchev–Trinajstić information content (AvgIpc) is 3.48. The molecule has 9 aromatic rings. The van der Waals surface area contributed by atoms with Crippen LogP contribution in [-0.2, 0) is 0 Å². The Hall–Kier alpha value is -6.12. The summed E-state index contributed by atoms with van der Waals surface area (Å²) in [7, 11) is 0. The van der Waals surface area contributed by atoms with Crippen LogP contribution in [0.15, 0.2) is 182 Å². The molecule has 0 aliphatic heterocycles. The van der Waals surface area contributed by atoms with Gasteiger partial charge in [-0.3, -0.25) is 0 Å². The predicted octanol–water partition coefficient (Wildman–Crippen LogP) is 12.2. The Morgan fingerprint density at radius 2 is 1.02 bits per heavy atom. The molecule has 0 unspecified atom stereocenters. The lowest BCUT2D eigenvalue weighted by atomic mass is 10.0. The number of anilines is 3. The fourth-order valence-corrected chi connectivity index (χ4v) is 7.02. The molecule has 0 aliphatic carbocycles. The molecule has 0 saturated heterocycles. The van der Waals surface area contributed by atoms with Crippen LogP contribution in [0.1, 0.15) is 0 Å². The Morgan fingerprint density at radius 3 is 1.87 bits per heavy atom. The number of aromatic nitrogens is 1. The monoisotopic (exact) mass is 586 g/mol. The summed E-state index contributed by atoms with van der Waals surface area (Å²) in [6, 6.07) is 65.7. The molecule has 1 heterocycles. The van der Waals surface area contributed by atoms with Gasteiger partial charge in [-0.25, -0.2) is 0 Å². The van der Waals surface area contributed by atoms with Crippen molar-refractivity contribution >= 4 is 60.4 Å². The van der Waals surface area contributed by atoms with Crippen molar-refractivity contribution in [3.05, 3.63) is 182 Å². The topological polar surface area (TPSA) is 8.17 Å². The number of nitrogens with zero attached hydrogens (tertiary/aromatic N) is 2. The molecule has 0 aliphatic rings. The molecule has 0 spiro atoms. The van der Waals surface area contributed by atoms with Gasteiger partial charge >= 0.3 is 0 Å². The molecule has 46 heavy (non-hydrogen) atoms. The van der Waals surface area contributed by atoms with Crippen LogP contribution in [0.3, 0.4) is 0 Å². The van der Waals surface area contributed by atoms with E-state index >= 15 is 0 Å². The van der Waals surface area contributed by atoms with Gasteiger partial charge in [0.25, 0.3) is 0 Å². The van der Waals surface area contributed by atoms with Crippen LogP contribution in [0.2, 0.25) is 0 Å². The minimum atomic E-state index is 1.10. The maximum atomic E-state index is 2.43. The second kappa shape index (κ2) is 10.8. The van der Waals surface area contributed by atoms with Crippen molar-refractivity contribution in [1.29, 1.82) is 0 Å². The number of para-hydroxylation sites is 2. The minimum absolute atomic E-state index is 1.10. The van der Waals surface area contributed by atoms with E-state index in [2.05, 4.69) is 191 Å². The molecule has 0 N–H and O–H groups in total. The summed E-state index contributed by atoms with van der Waals surface area (Å²) in [5.74, 6) is 0. The zero-order chi connectivity index (χ0) is 30.5. The van der Waals surface area contributed by atoms with Crippen molar-refractivity contribution in [3.8, 4) is 16.8 Å². The summed E-state index contributed by atoms with van der Waals surface area (Å²) < 4.78 is 2.43. The Bertz CT molecular complexity index is 2520.